The van der Waals surface area contributed by atoms with E-state index in [1.165, 1.54) is 122 Å². The molecule has 0 radical (unpaired) electrons. The number of ether oxygens (including phenoxy) is 3. The van der Waals surface area contributed by atoms with Crippen LogP contribution in [0.3, 0.4) is 0 Å². The average molecular weight is 974 g/mol. The smallest absolute Gasteiger partial charge is 0.306 e. The molecule has 0 bridgehead atoms. The fourth-order valence-corrected chi connectivity index (χ4v) is 7.96. The topological polar surface area (TPSA) is 78.9 Å². The molecule has 0 aliphatic carbocycles. The minimum Gasteiger partial charge on any atom is -0.462 e. The van der Waals surface area contributed by atoms with Gasteiger partial charge in [0.15, 0.2) is 6.10 Å². The van der Waals surface area contributed by atoms with E-state index in [1.807, 2.05) is 6.08 Å². The predicted octanol–water partition coefficient (Wildman–Crippen LogP) is 19.7. The Bertz CT molecular complexity index is 1400. The first kappa shape index (κ1) is 66.3. The van der Waals surface area contributed by atoms with E-state index in [0.29, 0.717) is 19.3 Å². The lowest BCUT2D eigenvalue weighted by molar-refractivity contribution is -0.166. The maximum Gasteiger partial charge on any atom is 0.306 e. The fourth-order valence-electron chi connectivity index (χ4n) is 7.96. The molecule has 0 saturated carbocycles. The van der Waals surface area contributed by atoms with Crippen LogP contribution in [0.2, 0.25) is 0 Å². The van der Waals surface area contributed by atoms with E-state index < -0.39 is 6.10 Å². The van der Waals surface area contributed by atoms with Crippen LogP contribution in [-0.4, -0.2) is 37.2 Å². The van der Waals surface area contributed by atoms with Crippen molar-refractivity contribution in [2.24, 2.45) is 0 Å². The van der Waals surface area contributed by atoms with Crippen LogP contribution in [-0.2, 0) is 28.6 Å². The van der Waals surface area contributed by atoms with E-state index >= 15 is 0 Å². The summed E-state index contributed by atoms with van der Waals surface area (Å²) in [6.07, 6.45) is 77.0. The molecule has 0 unspecified atom stereocenters. The van der Waals surface area contributed by atoms with Gasteiger partial charge in [-0.05, 0) is 83.5 Å². The summed E-state index contributed by atoms with van der Waals surface area (Å²) < 4.78 is 16.8. The highest BCUT2D eigenvalue weighted by atomic mass is 16.6. The first-order valence-electron chi connectivity index (χ1n) is 29.2. The van der Waals surface area contributed by atoms with Crippen LogP contribution in [0.15, 0.2) is 97.2 Å². The molecule has 0 aromatic rings. The molecule has 400 valence electrons. The zero-order valence-corrected chi connectivity index (χ0v) is 45.8. The fraction of sp³-hybridized carbons (Fsp3) is 0.703. The summed E-state index contributed by atoms with van der Waals surface area (Å²) in [6, 6.07) is 0. The lowest BCUT2D eigenvalue weighted by Crippen LogP contribution is -2.30. The van der Waals surface area contributed by atoms with Gasteiger partial charge in [0, 0.05) is 19.3 Å². The van der Waals surface area contributed by atoms with Crippen LogP contribution in [0, 0.1) is 0 Å². The van der Waals surface area contributed by atoms with E-state index in [2.05, 4.69) is 112 Å². The molecule has 0 rings (SSSR count). The van der Waals surface area contributed by atoms with E-state index in [0.717, 1.165) is 103 Å². The molecule has 1 atom stereocenters. The van der Waals surface area contributed by atoms with Crippen molar-refractivity contribution >= 4 is 17.9 Å². The number of rotatable bonds is 52. The van der Waals surface area contributed by atoms with E-state index in [9.17, 15) is 14.4 Å². The molecule has 0 spiro atoms. The van der Waals surface area contributed by atoms with Crippen molar-refractivity contribution < 1.29 is 28.6 Å². The predicted molar refractivity (Wildman–Crippen MR) is 302 cm³/mol. The molecule has 0 N–H and O–H groups in total. The largest absolute Gasteiger partial charge is 0.462 e. The van der Waals surface area contributed by atoms with Gasteiger partial charge in [0.25, 0.3) is 0 Å². The van der Waals surface area contributed by atoms with Gasteiger partial charge < -0.3 is 14.2 Å². The molecule has 70 heavy (non-hydrogen) atoms. The molecule has 0 amide bonds. The van der Waals surface area contributed by atoms with Gasteiger partial charge in [-0.2, -0.15) is 0 Å². The Morgan fingerprint density at radius 1 is 0.300 bits per heavy atom. The summed E-state index contributed by atoms with van der Waals surface area (Å²) in [4.78, 5) is 38.1. The summed E-state index contributed by atoms with van der Waals surface area (Å²) in [5.74, 6) is -1.00. The third kappa shape index (κ3) is 55.3. The van der Waals surface area contributed by atoms with E-state index in [1.54, 1.807) is 0 Å². The van der Waals surface area contributed by atoms with Gasteiger partial charge in [0.2, 0.25) is 0 Å². The zero-order chi connectivity index (χ0) is 50.7. The second kappa shape index (κ2) is 57.9. The number of carbonyl (C=O) groups excluding carboxylic acids is 3. The van der Waals surface area contributed by atoms with Crippen LogP contribution in [0.25, 0.3) is 0 Å². The lowest BCUT2D eigenvalue weighted by atomic mass is 10.0. The molecule has 0 heterocycles. The molecule has 0 saturated heterocycles. The Balaban J connectivity index is 4.48. The van der Waals surface area contributed by atoms with Gasteiger partial charge >= 0.3 is 17.9 Å². The zero-order valence-electron chi connectivity index (χ0n) is 45.8. The second-order valence-electron chi connectivity index (χ2n) is 19.2. The summed E-state index contributed by atoms with van der Waals surface area (Å²) in [6.45, 7) is 6.43. The number of allylic oxidation sites excluding steroid dienone is 16. The van der Waals surface area contributed by atoms with Gasteiger partial charge in [-0.1, -0.05) is 266 Å². The summed E-state index contributed by atoms with van der Waals surface area (Å²) >= 11 is 0. The van der Waals surface area contributed by atoms with Gasteiger partial charge in [0.1, 0.15) is 13.2 Å². The minimum absolute atomic E-state index is 0.107. The summed E-state index contributed by atoms with van der Waals surface area (Å²) in [5.41, 5.74) is 0. The average Bonchev–Trinajstić information content (AvgIpc) is 3.36. The molecule has 0 fully saturated rings. The summed E-state index contributed by atoms with van der Waals surface area (Å²) in [7, 11) is 0. The third-order valence-electron chi connectivity index (χ3n) is 12.3. The van der Waals surface area contributed by atoms with Gasteiger partial charge in [0.05, 0.1) is 0 Å². The van der Waals surface area contributed by atoms with E-state index in [4.69, 9.17) is 14.2 Å². The van der Waals surface area contributed by atoms with E-state index in [-0.39, 0.29) is 37.5 Å². The molecular weight excluding hydrogens is 865 g/mol. The Morgan fingerprint density at radius 3 is 1.00 bits per heavy atom. The van der Waals surface area contributed by atoms with Crippen molar-refractivity contribution in [2.45, 2.75) is 277 Å². The van der Waals surface area contributed by atoms with Crippen LogP contribution < -0.4 is 0 Å². The molecule has 0 aliphatic heterocycles. The van der Waals surface area contributed by atoms with Crippen molar-refractivity contribution in [3.63, 3.8) is 0 Å². The van der Waals surface area contributed by atoms with Gasteiger partial charge in [-0.15, -0.1) is 0 Å². The van der Waals surface area contributed by atoms with Crippen molar-refractivity contribution in [1.82, 2.24) is 0 Å². The Hall–Kier alpha value is -3.67. The number of hydrogen-bond donors (Lipinski definition) is 0. The monoisotopic (exact) mass is 973 g/mol. The van der Waals surface area contributed by atoms with Crippen molar-refractivity contribution in [2.75, 3.05) is 13.2 Å². The highest BCUT2D eigenvalue weighted by Crippen LogP contribution is 2.16. The molecule has 6 nitrogen and oxygen atoms in total. The van der Waals surface area contributed by atoms with Crippen LogP contribution in [0.5, 0.6) is 0 Å². The maximum atomic E-state index is 12.9. The SMILES string of the molecule is CC/C=C\C/C=C\C/C=C\C/C=C\C/C=C\C/C=C\CCC(=O)OC[C@@H](COC(=O)CCCCCCC/C=C\C/C=C\CCCC)OC(=O)CCCCCCCCCCCCCCCCCCCCC. The normalized spacial score (nSPS) is 12.8. The lowest BCUT2D eigenvalue weighted by Gasteiger charge is -2.18. The first-order chi connectivity index (χ1) is 34.5. The molecule has 0 aromatic heterocycles. The van der Waals surface area contributed by atoms with Crippen LogP contribution >= 0.6 is 0 Å². The van der Waals surface area contributed by atoms with Crippen molar-refractivity contribution in [3.8, 4) is 0 Å². The molecule has 0 aliphatic rings. The third-order valence-corrected chi connectivity index (χ3v) is 12.3. The maximum absolute atomic E-state index is 12.9. The standard InChI is InChI=1S/C64H108O6/c1-4-7-10-13-16-19-22-25-28-30-32-34-36-39-42-45-48-51-54-57-63(66)69-60-61(59-68-62(65)56-53-50-47-44-41-38-27-24-21-18-15-12-9-6-3)70-64(67)58-55-52-49-46-43-40-37-35-33-31-29-26-23-20-17-14-11-8-5-2/h7,10,15-16,18-19,24-25,27-28,32,34,39,42,48,51,61H,4-6,8-9,11-14,17,20-23,26,29-31,33,35-38,40-41,43-47,49-50,52-60H2,1-3H3/b10-7-,18-15-,19-16-,27-24-,28-25-,34-32-,42-39-,51-48-/t61-/m1/s1. The van der Waals surface area contributed by atoms with Crippen LogP contribution in [0.4, 0.5) is 0 Å². The molecular formula is C64H108O6. The Morgan fingerprint density at radius 2 is 0.600 bits per heavy atom. The van der Waals surface area contributed by atoms with Crippen molar-refractivity contribution in [3.05, 3.63) is 97.2 Å². The number of unbranched alkanes of at least 4 members (excludes halogenated alkanes) is 25. The highest BCUT2D eigenvalue weighted by molar-refractivity contribution is 5.71. The Kier molecular flexibility index (Phi) is 54.9. The first-order valence-corrected chi connectivity index (χ1v) is 29.2. The Labute approximate surface area is 432 Å². The summed E-state index contributed by atoms with van der Waals surface area (Å²) in [5, 5.41) is 0. The number of esters is 3. The van der Waals surface area contributed by atoms with Crippen molar-refractivity contribution in [1.29, 1.82) is 0 Å². The van der Waals surface area contributed by atoms with Gasteiger partial charge in [-0.3, -0.25) is 14.4 Å². The molecule has 0 aromatic carbocycles. The molecule has 6 heteroatoms. The quantitative estimate of drug-likeness (QED) is 0.0262. The minimum atomic E-state index is -0.813. The van der Waals surface area contributed by atoms with Gasteiger partial charge in [-0.25, -0.2) is 0 Å². The van der Waals surface area contributed by atoms with Crippen LogP contribution in [0.1, 0.15) is 271 Å². The number of carbonyl (C=O) groups is 3. The number of hydrogen-bond acceptors (Lipinski definition) is 6. The highest BCUT2D eigenvalue weighted by Gasteiger charge is 2.19. The second-order valence-corrected chi connectivity index (χ2v) is 19.2.